The molecule has 4 atom stereocenters. The van der Waals surface area contributed by atoms with E-state index in [1.54, 1.807) is 0 Å². The van der Waals surface area contributed by atoms with Gasteiger partial charge in [-0.25, -0.2) is 0 Å². The first kappa shape index (κ1) is 5.11. The molecule has 0 N–H and O–H groups in total. The highest BCUT2D eigenvalue weighted by molar-refractivity contribution is 5.89. The number of allylic oxidation sites excluding steroid dienone is 2. The van der Waals surface area contributed by atoms with Crippen LogP contribution < -0.4 is 0 Å². The lowest BCUT2D eigenvalue weighted by Gasteiger charge is -2.35. The van der Waals surface area contributed by atoms with Crippen LogP contribution in [-0.2, 0) is 4.79 Å². The predicted octanol–water partition coefficient (Wildman–Crippen LogP) is 1.40. The average molecular weight is 134 g/mol. The van der Waals surface area contributed by atoms with Crippen molar-refractivity contribution < 1.29 is 4.79 Å². The Hall–Kier alpha value is -0.590. The van der Waals surface area contributed by atoms with Crippen molar-refractivity contribution in [1.82, 2.24) is 0 Å². The van der Waals surface area contributed by atoms with Crippen LogP contribution in [0.2, 0.25) is 0 Å². The Balaban J connectivity index is 2.03. The summed E-state index contributed by atoms with van der Waals surface area (Å²) in [4.78, 5) is 11.1. The lowest BCUT2D eigenvalue weighted by atomic mass is 9.67. The van der Waals surface area contributed by atoms with Crippen LogP contribution in [0.1, 0.15) is 12.8 Å². The molecule has 3 rings (SSSR count). The normalized spacial score (nSPS) is 55.0. The minimum Gasteiger partial charge on any atom is -0.299 e. The van der Waals surface area contributed by atoms with E-state index < -0.39 is 0 Å². The summed E-state index contributed by atoms with van der Waals surface area (Å²) in [6.45, 7) is 0. The van der Waals surface area contributed by atoms with Crippen molar-refractivity contribution in [3.63, 3.8) is 0 Å². The third-order valence-electron chi connectivity index (χ3n) is 3.43. The minimum absolute atomic E-state index is 0.468. The second kappa shape index (κ2) is 1.36. The molecule has 3 aliphatic carbocycles. The van der Waals surface area contributed by atoms with Crippen LogP contribution >= 0.6 is 0 Å². The highest BCUT2D eigenvalue weighted by atomic mass is 16.1. The number of rotatable bonds is 0. The van der Waals surface area contributed by atoms with Crippen LogP contribution in [0.3, 0.4) is 0 Å². The van der Waals surface area contributed by atoms with E-state index in [1.807, 2.05) is 0 Å². The van der Waals surface area contributed by atoms with Crippen molar-refractivity contribution in [3.8, 4) is 0 Å². The zero-order valence-electron chi connectivity index (χ0n) is 5.79. The van der Waals surface area contributed by atoms with E-state index in [1.165, 1.54) is 6.42 Å². The van der Waals surface area contributed by atoms with Gasteiger partial charge in [-0.2, -0.15) is 0 Å². The summed E-state index contributed by atoms with van der Waals surface area (Å²) in [5.74, 6) is 3.20. The summed E-state index contributed by atoms with van der Waals surface area (Å²) < 4.78 is 0. The molecular weight excluding hydrogens is 124 g/mol. The smallest absolute Gasteiger partial charge is 0.137 e. The van der Waals surface area contributed by atoms with Gasteiger partial charge in [-0.15, -0.1) is 0 Å². The molecule has 52 valence electrons. The molecule has 2 saturated carbocycles. The van der Waals surface area contributed by atoms with Crippen LogP contribution in [0, 0.1) is 23.7 Å². The Morgan fingerprint density at radius 2 is 2.10 bits per heavy atom. The quantitative estimate of drug-likeness (QED) is 0.458. The standard InChI is InChI=1S/C9H10O/c10-8-4-7-5-1-2-6(3-5)9(7)8/h1-2,5-7,9H,3-4H2/t5-,6+,7-,9+/m1/s1. The predicted molar refractivity (Wildman–Crippen MR) is 37.3 cm³/mol. The molecule has 2 bridgehead atoms. The van der Waals surface area contributed by atoms with Crippen molar-refractivity contribution >= 4 is 5.78 Å². The van der Waals surface area contributed by atoms with Crippen molar-refractivity contribution in [3.05, 3.63) is 12.2 Å². The minimum atomic E-state index is 0.468. The fourth-order valence-corrected chi connectivity index (χ4v) is 2.89. The molecule has 2 fully saturated rings. The molecule has 1 heteroatoms. The third-order valence-corrected chi connectivity index (χ3v) is 3.43. The number of carbonyl (C=O) groups is 1. The van der Waals surface area contributed by atoms with E-state index in [4.69, 9.17) is 0 Å². The summed E-state index contributed by atoms with van der Waals surface area (Å²) in [5.41, 5.74) is 0. The maximum Gasteiger partial charge on any atom is 0.137 e. The number of hydrogen-bond donors (Lipinski definition) is 0. The van der Waals surface area contributed by atoms with Crippen molar-refractivity contribution in [1.29, 1.82) is 0 Å². The highest BCUT2D eigenvalue weighted by Gasteiger charge is 2.54. The van der Waals surface area contributed by atoms with Crippen LogP contribution in [0.15, 0.2) is 12.2 Å². The Bertz CT molecular complexity index is 229. The van der Waals surface area contributed by atoms with Crippen molar-refractivity contribution in [2.24, 2.45) is 23.7 Å². The molecule has 10 heavy (non-hydrogen) atoms. The van der Waals surface area contributed by atoms with Crippen LogP contribution in [0.4, 0.5) is 0 Å². The Kier molecular flexibility index (Phi) is 0.697. The molecule has 0 aromatic rings. The fourth-order valence-electron chi connectivity index (χ4n) is 2.89. The molecule has 0 heterocycles. The van der Waals surface area contributed by atoms with E-state index in [9.17, 15) is 4.79 Å². The summed E-state index contributed by atoms with van der Waals surface area (Å²) in [6.07, 6.45) is 6.73. The van der Waals surface area contributed by atoms with Gasteiger partial charge >= 0.3 is 0 Å². The van der Waals surface area contributed by atoms with E-state index in [-0.39, 0.29) is 0 Å². The van der Waals surface area contributed by atoms with Crippen LogP contribution in [0.25, 0.3) is 0 Å². The van der Waals surface area contributed by atoms with E-state index in [0.29, 0.717) is 17.6 Å². The molecule has 1 nitrogen and oxygen atoms in total. The first-order chi connectivity index (χ1) is 4.86. The Labute approximate surface area is 60.1 Å². The molecule has 3 aliphatic rings. The van der Waals surface area contributed by atoms with Gasteiger partial charge in [0.15, 0.2) is 0 Å². The summed E-state index contributed by atoms with van der Waals surface area (Å²) in [5, 5.41) is 0. The van der Waals surface area contributed by atoms with Crippen molar-refractivity contribution in [2.45, 2.75) is 12.8 Å². The molecule has 0 radical (unpaired) electrons. The zero-order valence-corrected chi connectivity index (χ0v) is 5.79. The molecule has 0 aromatic heterocycles. The van der Waals surface area contributed by atoms with Gasteiger partial charge < -0.3 is 0 Å². The maximum atomic E-state index is 11.1. The van der Waals surface area contributed by atoms with E-state index >= 15 is 0 Å². The fraction of sp³-hybridized carbons (Fsp3) is 0.667. The molecule has 0 aromatic carbocycles. The number of ketones is 1. The van der Waals surface area contributed by atoms with Crippen LogP contribution in [-0.4, -0.2) is 5.78 Å². The van der Waals surface area contributed by atoms with Gasteiger partial charge in [0, 0.05) is 12.3 Å². The van der Waals surface area contributed by atoms with Gasteiger partial charge in [-0.3, -0.25) is 4.79 Å². The summed E-state index contributed by atoms with van der Waals surface area (Å²) >= 11 is 0. The van der Waals surface area contributed by atoms with Gasteiger partial charge in [0.25, 0.3) is 0 Å². The van der Waals surface area contributed by atoms with Gasteiger partial charge in [0.2, 0.25) is 0 Å². The molecule has 0 saturated heterocycles. The van der Waals surface area contributed by atoms with Crippen molar-refractivity contribution in [2.75, 3.05) is 0 Å². The van der Waals surface area contributed by atoms with Gasteiger partial charge in [0.1, 0.15) is 5.78 Å². The van der Waals surface area contributed by atoms with E-state index in [2.05, 4.69) is 12.2 Å². The lowest BCUT2D eigenvalue weighted by Crippen LogP contribution is -2.39. The van der Waals surface area contributed by atoms with Gasteiger partial charge in [-0.05, 0) is 24.2 Å². The number of hydrogen-bond acceptors (Lipinski definition) is 1. The molecule has 0 aliphatic heterocycles. The second-order valence-corrected chi connectivity index (χ2v) is 3.81. The second-order valence-electron chi connectivity index (χ2n) is 3.81. The molecule has 0 amide bonds. The maximum absolute atomic E-state index is 11.1. The summed E-state index contributed by atoms with van der Waals surface area (Å²) in [6, 6.07) is 0. The average Bonchev–Trinajstić information content (AvgIpc) is 2.40. The number of Topliss-reactive ketones (excluding diaryl/α,β-unsaturated/α-hetero) is 1. The lowest BCUT2D eigenvalue weighted by molar-refractivity contribution is -0.134. The SMILES string of the molecule is O=C1C[C@H]2[C@@H]1[C@H]1C=C[C@@H]2C1. The Morgan fingerprint density at radius 1 is 1.30 bits per heavy atom. The molecular formula is C9H10O. The first-order valence-corrected chi connectivity index (χ1v) is 4.07. The molecule has 0 unspecified atom stereocenters. The zero-order chi connectivity index (χ0) is 6.72. The van der Waals surface area contributed by atoms with Gasteiger partial charge in [-0.1, -0.05) is 12.2 Å². The largest absolute Gasteiger partial charge is 0.299 e. The van der Waals surface area contributed by atoms with Crippen LogP contribution in [0.5, 0.6) is 0 Å². The molecule has 0 spiro atoms. The topological polar surface area (TPSA) is 17.1 Å². The monoisotopic (exact) mass is 134 g/mol. The van der Waals surface area contributed by atoms with E-state index in [0.717, 1.165) is 18.3 Å². The summed E-state index contributed by atoms with van der Waals surface area (Å²) in [7, 11) is 0. The first-order valence-electron chi connectivity index (χ1n) is 4.07. The van der Waals surface area contributed by atoms with Gasteiger partial charge in [0.05, 0.1) is 0 Å². The Morgan fingerprint density at radius 3 is 2.70 bits per heavy atom. The number of carbonyl (C=O) groups excluding carboxylic acids is 1. The highest BCUT2D eigenvalue weighted by Crippen LogP contribution is 2.55. The number of fused-ring (bicyclic) bond motifs is 5. The third kappa shape index (κ3) is 0.377.